The fourth-order valence-electron chi connectivity index (χ4n) is 2.49. The van der Waals surface area contributed by atoms with Crippen LogP contribution in [-0.4, -0.2) is 41.3 Å². The Morgan fingerprint density at radius 3 is 1.44 bits per heavy atom. The first-order chi connectivity index (χ1) is 11.8. The highest BCUT2D eigenvalue weighted by Crippen LogP contribution is 2.20. The van der Waals surface area contributed by atoms with E-state index in [4.69, 9.17) is 5.73 Å². The van der Waals surface area contributed by atoms with E-state index in [1.165, 1.54) is 17.1 Å². The predicted octanol–water partition coefficient (Wildman–Crippen LogP) is 4.24. The Balaban J connectivity index is 0.000000251. The third-order valence-corrected chi connectivity index (χ3v) is 4.26. The molecule has 0 saturated heterocycles. The SMILES string of the molecule is CCN(CC)c1ccc(N)c(C)c1.CN(C)c1ccc(N(C)C)cc1. The van der Waals surface area contributed by atoms with Crippen molar-refractivity contribution in [2.75, 3.05) is 61.7 Å². The second-order valence-electron chi connectivity index (χ2n) is 6.52. The zero-order valence-electron chi connectivity index (χ0n) is 16.9. The fraction of sp³-hybridized carbons (Fsp3) is 0.429. The Hall–Kier alpha value is -2.36. The number of hydrogen-bond donors (Lipinski definition) is 1. The van der Waals surface area contributed by atoms with E-state index in [2.05, 4.69) is 64.9 Å². The average molecular weight is 343 g/mol. The van der Waals surface area contributed by atoms with Crippen LogP contribution in [0.1, 0.15) is 19.4 Å². The monoisotopic (exact) mass is 342 g/mol. The Morgan fingerprint density at radius 2 is 1.12 bits per heavy atom. The smallest absolute Gasteiger partial charge is 0.0370 e. The van der Waals surface area contributed by atoms with Crippen LogP contribution < -0.4 is 20.4 Å². The molecule has 0 saturated carbocycles. The lowest BCUT2D eigenvalue weighted by Crippen LogP contribution is -2.21. The van der Waals surface area contributed by atoms with Crippen LogP contribution in [0.15, 0.2) is 42.5 Å². The summed E-state index contributed by atoms with van der Waals surface area (Å²) in [4.78, 5) is 6.51. The van der Waals surface area contributed by atoms with Gasteiger partial charge in [-0.1, -0.05) is 0 Å². The summed E-state index contributed by atoms with van der Waals surface area (Å²) < 4.78 is 0. The van der Waals surface area contributed by atoms with Crippen LogP contribution in [0.2, 0.25) is 0 Å². The molecule has 0 unspecified atom stereocenters. The molecule has 0 bridgehead atoms. The van der Waals surface area contributed by atoms with Gasteiger partial charge in [0.05, 0.1) is 0 Å². The molecule has 2 aromatic rings. The number of hydrogen-bond acceptors (Lipinski definition) is 4. The highest BCUT2D eigenvalue weighted by Gasteiger charge is 2.02. The van der Waals surface area contributed by atoms with E-state index in [-0.39, 0.29) is 0 Å². The maximum absolute atomic E-state index is 5.75. The van der Waals surface area contributed by atoms with Gasteiger partial charge in [-0.05, 0) is 68.8 Å². The Labute approximate surface area is 153 Å². The topological polar surface area (TPSA) is 35.7 Å². The Bertz CT molecular complexity index is 602. The van der Waals surface area contributed by atoms with Gasteiger partial charge in [0.15, 0.2) is 0 Å². The zero-order chi connectivity index (χ0) is 19.0. The number of aryl methyl sites for hydroxylation is 1. The second-order valence-corrected chi connectivity index (χ2v) is 6.52. The molecular weight excluding hydrogens is 308 g/mol. The molecule has 138 valence electrons. The summed E-state index contributed by atoms with van der Waals surface area (Å²) in [6, 6.07) is 14.7. The molecule has 0 aliphatic carbocycles. The maximum Gasteiger partial charge on any atom is 0.0370 e. The molecule has 2 N–H and O–H groups in total. The first-order valence-corrected chi connectivity index (χ1v) is 8.85. The number of anilines is 4. The molecule has 0 aromatic heterocycles. The van der Waals surface area contributed by atoms with Crippen LogP contribution in [0, 0.1) is 6.92 Å². The van der Waals surface area contributed by atoms with Crippen molar-refractivity contribution in [2.24, 2.45) is 0 Å². The highest BCUT2D eigenvalue weighted by atomic mass is 15.1. The molecule has 2 rings (SSSR count). The van der Waals surface area contributed by atoms with E-state index in [0.717, 1.165) is 24.3 Å². The molecule has 0 aliphatic heterocycles. The van der Waals surface area contributed by atoms with Crippen molar-refractivity contribution in [2.45, 2.75) is 20.8 Å². The summed E-state index contributed by atoms with van der Waals surface area (Å²) in [5.41, 5.74) is 11.5. The maximum atomic E-state index is 5.75. The number of nitrogens with zero attached hydrogens (tertiary/aromatic N) is 3. The van der Waals surface area contributed by atoms with Gasteiger partial charge >= 0.3 is 0 Å². The Kier molecular flexibility index (Phi) is 8.12. The molecule has 4 nitrogen and oxygen atoms in total. The molecule has 2 aromatic carbocycles. The van der Waals surface area contributed by atoms with Gasteiger partial charge in [0.2, 0.25) is 0 Å². The van der Waals surface area contributed by atoms with Crippen molar-refractivity contribution in [3.05, 3.63) is 48.0 Å². The molecule has 0 aliphatic rings. The fourth-order valence-corrected chi connectivity index (χ4v) is 2.49. The van der Waals surface area contributed by atoms with E-state index in [0.29, 0.717) is 0 Å². The van der Waals surface area contributed by atoms with Gasteiger partial charge < -0.3 is 20.4 Å². The van der Waals surface area contributed by atoms with Crippen molar-refractivity contribution >= 4 is 22.7 Å². The molecule has 0 radical (unpaired) electrons. The lowest BCUT2D eigenvalue weighted by Gasteiger charge is -2.21. The van der Waals surface area contributed by atoms with E-state index in [1.54, 1.807) is 0 Å². The van der Waals surface area contributed by atoms with Gasteiger partial charge in [-0.2, -0.15) is 0 Å². The van der Waals surface area contributed by atoms with Gasteiger partial charge in [-0.15, -0.1) is 0 Å². The summed E-state index contributed by atoms with van der Waals surface area (Å²) in [6.45, 7) is 8.45. The summed E-state index contributed by atoms with van der Waals surface area (Å²) in [7, 11) is 8.19. The molecule has 0 heterocycles. The molecule has 0 fully saturated rings. The minimum Gasteiger partial charge on any atom is -0.399 e. The predicted molar refractivity (Wildman–Crippen MR) is 114 cm³/mol. The van der Waals surface area contributed by atoms with Crippen molar-refractivity contribution in [1.29, 1.82) is 0 Å². The van der Waals surface area contributed by atoms with E-state index in [9.17, 15) is 0 Å². The number of benzene rings is 2. The Morgan fingerprint density at radius 1 is 0.720 bits per heavy atom. The van der Waals surface area contributed by atoms with Gasteiger partial charge in [0.25, 0.3) is 0 Å². The van der Waals surface area contributed by atoms with Crippen LogP contribution in [0.5, 0.6) is 0 Å². The van der Waals surface area contributed by atoms with Gasteiger partial charge in [-0.25, -0.2) is 0 Å². The standard InChI is InChI=1S/C11H18N2.C10H16N2/c1-4-13(5-2)10-6-7-11(12)9(3)8-10;1-11(2)9-5-7-10(8-6-9)12(3)4/h6-8H,4-5,12H2,1-3H3;5-8H,1-4H3. The van der Waals surface area contributed by atoms with Crippen LogP contribution >= 0.6 is 0 Å². The van der Waals surface area contributed by atoms with E-state index < -0.39 is 0 Å². The average Bonchev–Trinajstić information content (AvgIpc) is 2.59. The molecular formula is C21H34N4. The number of rotatable bonds is 5. The van der Waals surface area contributed by atoms with E-state index >= 15 is 0 Å². The van der Waals surface area contributed by atoms with E-state index in [1.807, 2.05) is 41.2 Å². The van der Waals surface area contributed by atoms with Crippen molar-refractivity contribution in [1.82, 2.24) is 0 Å². The summed E-state index contributed by atoms with van der Waals surface area (Å²) in [5.74, 6) is 0. The first-order valence-electron chi connectivity index (χ1n) is 8.85. The molecule has 4 heteroatoms. The van der Waals surface area contributed by atoms with Crippen LogP contribution in [0.25, 0.3) is 0 Å². The first kappa shape index (κ1) is 20.7. The third-order valence-electron chi connectivity index (χ3n) is 4.26. The van der Waals surface area contributed by atoms with Crippen LogP contribution in [-0.2, 0) is 0 Å². The third kappa shape index (κ3) is 6.22. The van der Waals surface area contributed by atoms with Crippen LogP contribution in [0.4, 0.5) is 22.7 Å². The summed E-state index contributed by atoms with van der Waals surface area (Å²) in [5, 5.41) is 0. The second kappa shape index (κ2) is 9.82. The zero-order valence-corrected chi connectivity index (χ0v) is 16.9. The minimum atomic E-state index is 0.871. The summed E-state index contributed by atoms with van der Waals surface area (Å²) >= 11 is 0. The largest absolute Gasteiger partial charge is 0.399 e. The molecule has 0 spiro atoms. The summed E-state index contributed by atoms with van der Waals surface area (Å²) in [6.07, 6.45) is 0. The number of nitrogen functional groups attached to an aromatic ring is 1. The van der Waals surface area contributed by atoms with Gasteiger partial charge in [-0.3, -0.25) is 0 Å². The molecule has 25 heavy (non-hydrogen) atoms. The van der Waals surface area contributed by atoms with Crippen molar-refractivity contribution in [3.63, 3.8) is 0 Å². The van der Waals surface area contributed by atoms with Crippen LogP contribution in [0.3, 0.4) is 0 Å². The minimum absolute atomic E-state index is 0.871. The normalized spacial score (nSPS) is 9.88. The van der Waals surface area contributed by atoms with Crippen molar-refractivity contribution < 1.29 is 0 Å². The molecule has 0 atom stereocenters. The number of nitrogens with two attached hydrogens (primary N) is 1. The van der Waals surface area contributed by atoms with Gasteiger partial charge in [0.1, 0.15) is 0 Å². The van der Waals surface area contributed by atoms with Crippen molar-refractivity contribution in [3.8, 4) is 0 Å². The van der Waals surface area contributed by atoms with Gasteiger partial charge in [0, 0.05) is 64.0 Å². The highest BCUT2D eigenvalue weighted by molar-refractivity contribution is 5.58. The quantitative estimate of drug-likeness (QED) is 0.824. The lowest BCUT2D eigenvalue weighted by atomic mass is 10.1. The lowest BCUT2D eigenvalue weighted by molar-refractivity contribution is 0.866. The molecule has 0 amide bonds.